The van der Waals surface area contributed by atoms with Gasteiger partial charge in [0.15, 0.2) is 11.5 Å². The van der Waals surface area contributed by atoms with Crippen molar-refractivity contribution in [2.75, 3.05) is 25.1 Å². The van der Waals surface area contributed by atoms with E-state index in [9.17, 15) is 9.59 Å². The lowest BCUT2D eigenvalue weighted by Crippen LogP contribution is -2.20. The van der Waals surface area contributed by atoms with Crippen molar-refractivity contribution in [1.82, 2.24) is 0 Å². The number of fused-ring (bicyclic) bond motifs is 2. The van der Waals surface area contributed by atoms with Gasteiger partial charge in [-0.3, -0.25) is 4.79 Å². The second kappa shape index (κ2) is 7.60. The molecule has 27 heavy (non-hydrogen) atoms. The zero-order valence-corrected chi connectivity index (χ0v) is 15.9. The number of ether oxygens (including phenoxy) is 3. The van der Waals surface area contributed by atoms with Crippen LogP contribution in [-0.4, -0.2) is 31.7 Å². The van der Waals surface area contributed by atoms with Crippen molar-refractivity contribution in [2.24, 2.45) is 0 Å². The Morgan fingerprint density at radius 1 is 1.19 bits per heavy atom. The van der Waals surface area contributed by atoms with E-state index in [2.05, 4.69) is 5.32 Å². The van der Waals surface area contributed by atoms with Gasteiger partial charge in [-0.1, -0.05) is 6.07 Å². The lowest BCUT2D eigenvalue weighted by atomic mass is 9.95. The minimum absolute atomic E-state index is 0.300. The van der Waals surface area contributed by atoms with Crippen LogP contribution in [0.3, 0.4) is 0 Å². The number of esters is 1. The van der Waals surface area contributed by atoms with Crippen molar-refractivity contribution in [1.29, 1.82) is 0 Å². The molecule has 0 saturated carbocycles. The monoisotopic (exact) mass is 387 g/mol. The molecule has 0 saturated heterocycles. The summed E-state index contributed by atoms with van der Waals surface area (Å²) in [7, 11) is 0. The molecule has 0 radical (unpaired) electrons. The minimum atomic E-state index is -0.373. The predicted octanol–water partition coefficient (Wildman–Crippen LogP) is 3.83. The molecule has 2 aliphatic rings. The molecule has 1 aromatic heterocycles. The Balaban J connectivity index is 1.67. The summed E-state index contributed by atoms with van der Waals surface area (Å²) in [6, 6.07) is 5.23. The van der Waals surface area contributed by atoms with Crippen molar-refractivity contribution in [2.45, 2.75) is 32.6 Å². The van der Waals surface area contributed by atoms with Crippen molar-refractivity contribution >= 4 is 28.2 Å². The molecule has 0 spiro atoms. The molecule has 0 fully saturated rings. The molecule has 0 unspecified atom stereocenters. The molecule has 4 rings (SSSR count). The highest BCUT2D eigenvalue weighted by molar-refractivity contribution is 7.17. The molecular weight excluding hydrogens is 366 g/mol. The first-order chi connectivity index (χ1) is 13.2. The van der Waals surface area contributed by atoms with Crippen LogP contribution in [0.2, 0.25) is 0 Å². The van der Waals surface area contributed by atoms with Crippen LogP contribution < -0.4 is 14.8 Å². The molecule has 0 bridgehead atoms. The van der Waals surface area contributed by atoms with E-state index >= 15 is 0 Å². The number of anilines is 1. The molecule has 6 nitrogen and oxygen atoms in total. The summed E-state index contributed by atoms with van der Waals surface area (Å²) in [5.74, 6) is 0.314. The van der Waals surface area contributed by atoms with Gasteiger partial charge in [0.2, 0.25) is 0 Å². The number of benzene rings is 1. The van der Waals surface area contributed by atoms with E-state index in [1.54, 1.807) is 25.1 Å². The highest BCUT2D eigenvalue weighted by atomic mass is 32.1. The number of hydrogen-bond donors (Lipinski definition) is 1. The molecule has 1 aromatic carbocycles. The lowest BCUT2D eigenvalue weighted by molar-refractivity contribution is 0.0526. The van der Waals surface area contributed by atoms with Crippen LogP contribution in [0.4, 0.5) is 5.00 Å². The van der Waals surface area contributed by atoms with Crippen molar-refractivity contribution in [3.63, 3.8) is 0 Å². The zero-order chi connectivity index (χ0) is 18.8. The molecule has 1 N–H and O–H groups in total. The van der Waals surface area contributed by atoms with Gasteiger partial charge < -0.3 is 19.5 Å². The number of amides is 1. The van der Waals surface area contributed by atoms with Crippen LogP contribution in [0.5, 0.6) is 11.5 Å². The third kappa shape index (κ3) is 3.39. The van der Waals surface area contributed by atoms with Crippen molar-refractivity contribution in [3.05, 3.63) is 39.8 Å². The molecular formula is C20H21NO5S. The van der Waals surface area contributed by atoms with Crippen molar-refractivity contribution in [3.8, 4) is 11.5 Å². The lowest BCUT2D eigenvalue weighted by Gasteiger charge is -2.20. The summed E-state index contributed by atoms with van der Waals surface area (Å²) in [5.41, 5.74) is 1.93. The fourth-order valence-electron chi connectivity index (χ4n) is 3.50. The Morgan fingerprint density at radius 2 is 2.00 bits per heavy atom. The van der Waals surface area contributed by atoms with Gasteiger partial charge in [-0.15, -0.1) is 11.3 Å². The fourth-order valence-corrected chi connectivity index (χ4v) is 4.77. The average Bonchev–Trinajstić information content (AvgIpc) is 3.05. The minimum Gasteiger partial charge on any atom is -0.486 e. The third-order valence-electron chi connectivity index (χ3n) is 4.69. The molecule has 1 amide bonds. The van der Waals surface area contributed by atoms with Gasteiger partial charge in [0, 0.05) is 4.88 Å². The summed E-state index contributed by atoms with van der Waals surface area (Å²) in [6.45, 7) is 2.94. The van der Waals surface area contributed by atoms with Crippen LogP contribution in [0, 0.1) is 0 Å². The summed E-state index contributed by atoms with van der Waals surface area (Å²) in [5, 5.41) is 3.47. The van der Waals surface area contributed by atoms with Gasteiger partial charge >= 0.3 is 5.97 Å². The van der Waals surface area contributed by atoms with Crippen molar-refractivity contribution < 1.29 is 23.8 Å². The van der Waals surface area contributed by atoms with Crippen LogP contribution in [0.25, 0.3) is 0 Å². The first-order valence-electron chi connectivity index (χ1n) is 9.20. The zero-order valence-electron chi connectivity index (χ0n) is 15.1. The summed E-state index contributed by atoms with van der Waals surface area (Å²) in [4.78, 5) is 26.6. The number of hydrogen-bond acceptors (Lipinski definition) is 6. The second-order valence-corrected chi connectivity index (χ2v) is 7.52. The number of aryl methyl sites for hydroxylation is 1. The van der Waals surface area contributed by atoms with E-state index in [1.165, 1.54) is 11.3 Å². The van der Waals surface area contributed by atoms with E-state index in [0.717, 1.165) is 36.1 Å². The average molecular weight is 387 g/mol. The largest absolute Gasteiger partial charge is 0.486 e. The Bertz CT molecular complexity index is 889. The Morgan fingerprint density at radius 3 is 2.85 bits per heavy atom. The van der Waals surface area contributed by atoms with E-state index in [4.69, 9.17) is 14.2 Å². The van der Waals surface area contributed by atoms with E-state index in [0.29, 0.717) is 47.4 Å². The quantitative estimate of drug-likeness (QED) is 0.807. The standard InChI is InChI=1S/C20H21NO5S/c1-2-24-20(23)16-12-6-3-4-9-15(12)27-19(16)21-18(22)13-7-5-8-14-17(13)26-11-10-25-14/h5,7-8H,2-4,6,9-11H2,1H3,(H,21,22). The van der Waals surface area contributed by atoms with Gasteiger partial charge in [0.1, 0.15) is 18.2 Å². The normalized spacial score (nSPS) is 15.0. The highest BCUT2D eigenvalue weighted by Gasteiger charge is 2.28. The number of carbonyl (C=O) groups excluding carboxylic acids is 2. The predicted molar refractivity (Wildman–Crippen MR) is 102 cm³/mol. The number of nitrogens with one attached hydrogen (secondary N) is 1. The maximum Gasteiger partial charge on any atom is 0.341 e. The maximum atomic E-state index is 12.9. The first-order valence-corrected chi connectivity index (χ1v) is 10.0. The Hall–Kier alpha value is -2.54. The first kappa shape index (κ1) is 17.9. The molecule has 7 heteroatoms. The summed E-state index contributed by atoms with van der Waals surface area (Å²) < 4.78 is 16.4. The van der Waals surface area contributed by atoms with Gasteiger partial charge in [-0.05, 0) is 50.3 Å². The van der Waals surface area contributed by atoms with Gasteiger partial charge in [-0.25, -0.2) is 4.79 Å². The van der Waals surface area contributed by atoms with Crippen LogP contribution in [0.15, 0.2) is 18.2 Å². The molecule has 1 aliphatic heterocycles. The molecule has 2 aromatic rings. The van der Waals surface area contributed by atoms with Gasteiger partial charge in [0.05, 0.1) is 17.7 Å². The van der Waals surface area contributed by atoms with Gasteiger partial charge in [0.25, 0.3) is 5.91 Å². The van der Waals surface area contributed by atoms with E-state index < -0.39 is 0 Å². The second-order valence-electron chi connectivity index (χ2n) is 6.42. The molecule has 2 heterocycles. The summed E-state index contributed by atoms with van der Waals surface area (Å²) in [6.07, 6.45) is 3.91. The maximum absolute atomic E-state index is 12.9. The number of thiophene rings is 1. The number of carbonyl (C=O) groups is 2. The topological polar surface area (TPSA) is 73.9 Å². The van der Waals surface area contributed by atoms with Crippen LogP contribution >= 0.6 is 11.3 Å². The third-order valence-corrected chi connectivity index (χ3v) is 5.90. The van der Waals surface area contributed by atoms with Crippen LogP contribution in [0.1, 0.15) is 50.9 Å². The highest BCUT2D eigenvalue weighted by Crippen LogP contribution is 2.40. The number of rotatable bonds is 4. The van der Waals surface area contributed by atoms with Crippen LogP contribution in [-0.2, 0) is 17.6 Å². The smallest absolute Gasteiger partial charge is 0.341 e. The molecule has 1 aliphatic carbocycles. The Labute approximate surface area is 161 Å². The summed E-state index contributed by atoms with van der Waals surface area (Å²) >= 11 is 1.47. The number of para-hydroxylation sites is 1. The van der Waals surface area contributed by atoms with E-state index in [-0.39, 0.29) is 11.9 Å². The fraction of sp³-hybridized carbons (Fsp3) is 0.400. The van der Waals surface area contributed by atoms with Gasteiger partial charge in [-0.2, -0.15) is 0 Å². The molecule has 0 atom stereocenters. The molecule has 142 valence electrons. The van der Waals surface area contributed by atoms with E-state index in [1.807, 2.05) is 0 Å². The SMILES string of the molecule is CCOC(=O)c1c(NC(=O)c2cccc3c2OCCO3)sc2c1CCCC2. The Kier molecular flexibility index (Phi) is 5.03.